The van der Waals surface area contributed by atoms with Gasteiger partial charge in [0.15, 0.2) is 5.57 Å². The molecule has 0 spiro atoms. The molecule has 0 radical (unpaired) electrons. The summed E-state index contributed by atoms with van der Waals surface area (Å²) < 4.78 is 4.51. The zero-order chi connectivity index (χ0) is 12.1. The lowest BCUT2D eigenvalue weighted by atomic mass is 9.99. The maximum absolute atomic E-state index is 11.3. The number of nitrogens with two attached hydrogens (primary N) is 1. The number of piperidine rings is 1. The maximum Gasteiger partial charge on any atom is 0.352 e. The van der Waals surface area contributed by atoms with Gasteiger partial charge in [0.05, 0.1) is 7.11 Å². The third kappa shape index (κ3) is 2.66. The number of methoxy groups -OCH3 is 1. The van der Waals surface area contributed by atoms with Crippen LogP contribution in [0.15, 0.2) is 11.4 Å². The summed E-state index contributed by atoms with van der Waals surface area (Å²) in [6.45, 7) is 3.76. The van der Waals surface area contributed by atoms with Crippen LogP contribution in [0.25, 0.3) is 0 Å². The summed E-state index contributed by atoms with van der Waals surface area (Å²) in [7, 11) is 1.24. The van der Waals surface area contributed by atoms with Gasteiger partial charge in [0.2, 0.25) is 0 Å². The Labute approximate surface area is 95.5 Å². The minimum Gasteiger partial charge on any atom is -0.465 e. The standard InChI is InChI=1S/C11H17N3O2/c1-8-3-5-14(6-4-8)10(13)9(7-12)11(15)16-2/h8H,3-6,13H2,1-2H3/b10-9+. The second kappa shape index (κ2) is 5.40. The van der Waals surface area contributed by atoms with Crippen molar-refractivity contribution < 1.29 is 9.53 Å². The molecule has 0 bridgehead atoms. The van der Waals surface area contributed by atoms with Gasteiger partial charge in [0.25, 0.3) is 0 Å². The first-order valence-electron chi connectivity index (χ1n) is 5.33. The van der Waals surface area contributed by atoms with Gasteiger partial charge in [0, 0.05) is 13.1 Å². The van der Waals surface area contributed by atoms with Gasteiger partial charge >= 0.3 is 5.97 Å². The highest BCUT2D eigenvalue weighted by atomic mass is 16.5. The summed E-state index contributed by atoms with van der Waals surface area (Å²) in [5.74, 6) is 0.243. The van der Waals surface area contributed by atoms with E-state index in [0.29, 0.717) is 5.92 Å². The quantitative estimate of drug-likeness (QED) is 0.421. The summed E-state index contributed by atoms with van der Waals surface area (Å²) >= 11 is 0. The summed E-state index contributed by atoms with van der Waals surface area (Å²) in [5, 5.41) is 8.87. The van der Waals surface area contributed by atoms with Gasteiger partial charge in [-0.2, -0.15) is 5.26 Å². The molecule has 1 aliphatic heterocycles. The largest absolute Gasteiger partial charge is 0.465 e. The molecule has 88 valence electrons. The molecular weight excluding hydrogens is 206 g/mol. The fourth-order valence-electron chi connectivity index (χ4n) is 1.72. The molecule has 0 atom stereocenters. The summed E-state index contributed by atoms with van der Waals surface area (Å²) in [6.07, 6.45) is 2.06. The molecule has 1 saturated heterocycles. The Hall–Kier alpha value is -1.70. The predicted octanol–water partition coefficient (Wildman–Crippen LogP) is 0.585. The van der Waals surface area contributed by atoms with E-state index in [1.807, 2.05) is 4.90 Å². The van der Waals surface area contributed by atoms with Crippen LogP contribution in [0.2, 0.25) is 0 Å². The molecule has 5 nitrogen and oxygen atoms in total. The van der Waals surface area contributed by atoms with Crippen LogP contribution in [-0.2, 0) is 9.53 Å². The molecule has 0 aromatic rings. The van der Waals surface area contributed by atoms with Crippen LogP contribution in [-0.4, -0.2) is 31.1 Å². The second-order valence-corrected chi connectivity index (χ2v) is 4.03. The van der Waals surface area contributed by atoms with E-state index in [1.54, 1.807) is 6.07 Å². The first-order valence-corrected chi connectivity index (χ1v) is 5.33. The summed E-state index contributed by atoms with van der Waals surface area (Å²) in [4.78, 5) is 13.2. The molecule has 0 aromatic heterocycles. The van der Waals surface area contributed by atoms with Crippen LogP contribution in [0.5, 0.6) is 0 Å². The fourth-order valence-corrected chi connectivity index (χ4v) is 1.72. The van der Waals surface area contributed by atoms with E-state index in [1.165, 1.54) is 7.11 Å². The maximum atomic E-state index is 11.3. The molecule has 1 fully saturated rings. The number of nitrogens with zero attached hydrogens (tertiary/aromatic N) is 2. The van der Waals surface area contributed by atoms with Gasteiger partial charge in [-0.05, 0) is 18.8 Å². The van der Waals surface area contributed by atoms with Crippen molar-refractivity contribution >= 4 is 5.97 Å². The first kappa shape index (κ1) is 12.4. The van der Waals surface area contributed by atoms with E-state index in [4.69, 9.17) is 11.0 Å². The van der Waals surface area contributed by atoms with Crippen molar-refractivity contribution in [1.82, 2.24) is 4.90 Å². The lowest BCUT2D eigenvalue weighted by molar-refractivity contribution is -0.135. The lowest BCUT2D eigenvalue weighted by Crippen LogP contribution is -2.37. The second-order valence-electron chi connectivity index (χ2n) is 4.03. The SMILES string of the molecule is COC(=O)/C(C#N)=C(\N)N1CCC(C)CC1. The van der Waals surface area contributed by atoms with E-state index in [9.17, 15) is 4.79 Å². The highest BCUT2D eigenvalue weighted by Crippen LogP contribution is 2.19. The molecule has 1 rings (SSSR count). The summed E-state index contributed by atoms with van der Waals surface area (Å²) in [6, 6.07) is 1.80. The molecule has 0 aliphatic carbocycles. The number of carbonyl (C=O) groups excluding carboxylic acids is 1. The molecule has 0 unspecified atom stereocenters. The van der Waals surface area contributed by atoms with E-state index in [0.717, 1.165) is 25.9 Å². The van der Waals surface area contributed by atoms with Crippen LogP contribution < -0.4 is 5.73 Å². The van der Waals surface area contributed by atoms with Crippen molar-refractivity contribution in [2.75, 3.05) is 20.2 Å². The van der Waals surface area contributed by atoms with Gasteiger partial charge in [-0.3, -0.25) is 0 Å². The van der Waals surface area contributed by atoms with Gasteiger partial charge in [0.1, 0.15) is 11.9 Å². The van der Waals surface area contributed by atoms with Crippen molar-refractivity contribution in [3.8, 4) is 6.07 Å². The molecule has 5 heteroatoms. The Balaban J connectivity index is 2.81. The minimum atomic E-state index is -0.668. The summed E-state index contributed by atoms with van der Waals surface area (Å²) in [5.41, 5.74) is 5.71. The molecule has 1 aliphatic rings. The highest BCUT2D eigenvalue weighted by Gasteiger charge is 2.22. The van der Waals surface area contributed by atoms with Crippen molar-refractivity contribution in [2.45, 2.75) is 19.8 Å². The number of hydrogen-bond acceptors (Lipinski definition) is 5. The van der Waals surface area contributed by atoms with Crippen LogP contribution in [0.4, 0.5) is 0 Å². The number of nitriles is 1. The van der Waals surface area contributed by atoms with E-state index in [2.05, 4.69) is 11.7 Å². The van der Waals surface area contributed by atoms with E-state index in [-0.39, 0.29) is 11.4 Å². The number of likely N-dealkylation sites (tertiary alicyclic amines) is 1. The van der Waals surface area contributed by atoms with Gasteiger partial charge in [-0.15, -0.1) is 0 Å². The first-order chi connectivity index (χ1) is 7.60. The van der Waals surface area contributed by atoms with Crippen LogP contribution in [0.1, 0.15) is 19.8 Å². The predicted molar refractivity (Wildman–Crippen MR) is 58.8 cm³/mol. The van der Waals surface area contributed by atoms with Crippen LogP contribution >= 0.6 is 0 Å². The Morgan fingerprint density at radius 3 is 2.50 bits per heavy atom. The Morgan fingerprint density at radius 1 is 1.50 bits per heavy atom. The lowest BCUT2D eigenvalue weighted by Gasteiger charge is -2.32. The van der Waals surface area contributed by atoms with E-state index >= 15 is 0 Å². The van der Waals surface area contributed by atoms with Crippen molar-refractivity contribution in [1.29, 1.82) is 5.26 Å². The van der Waals surface area contributed by atoms with E-state index < -0.39 is 5.97 Å². The normalized spacial score (nSPS) is 18.7. The third-order valence-corrected chi connectivity index (χ3v) is 2.88. The molecule has 0 amide bonds. The van der Waals surface area contributed by atoms with Crippen LogP contribution in [0.3, 0.4) is 0 Å². The fraction of sp³-hybridized carbons (Fsp3) is 0.636. The van der Waals surface area contributed by atoms with Gasteiger partial charge in [-0.1, -0.05) is 6.92 Å². The monoisotopic (exact) mass is 223 g/mol. The number of esters is 1. The van der Waals surface area contributed by atoms with Crippen molar-refractivity contribution in [2.24, 2.45) is 11.7 Å². The highest BCUT2D eigenvalue weighted by molar-refractivity contribution is 5.93. The smallest absolute Gasteiger partial charge is 0.352 e. The van der Waals surface area contributed by atoms with Crippen molar-refractivity contribution in [3.63, 3.8) is 0 Å². The number of rotatable bonds is 2. The Morgan fingerprint density at radius 2 is 2.06 bits per heavy atom. The van der Waals surface area contributed by atoms with Crippen LogP contribution in [0, 0.1) is 17.2 Å². The Bertz CT molecular complexity index is 336. The number of hydrogen-bond donors (Lipinski definition) is 1. The van der Waals surface area contributed by atoms with Crippen molar-refractivity contribution in [3.05, 3.63) is 11.4 Å². The van der Waals surface area contributed by atoms with Gasteiger partial charge < -0.3 is 15.4 Å². The van der Waals surface area contributed by atoms with Gasteiger partial charge in [-0.25, -0.2) is 4.79 Å². The molecule has 0 saturated carbocycles. The minimum absolute atomic E-state index is 0.1000. The number of carbonyl (C=O) groups is 1. The zero-order valence-corrected chi connectivity index (χ0v) is 9.69. The topological polar surface area (TPSA) is 79.3 Å². The molecule has 1 heterocycles. The number of ether oxygens (including phenoxy) is 1. The molecule has 16 heavy (non-hydrogen) atoms. The zero-order valence-electron chi connectivity index (χ0n) is 9.69. The third-order valence-electron chi connectivity index (χ3n) is 2.88. The molecule has 0 aromatic carbocycles. The molecule has 2 N–H and O–H groups in total. The average molecular weight is 223 g/mol. The average Bonchev–Trinajstić information content (AvgIpc) is 2.30. The molecular formula is C11H17N3O2. The Kier molecular flexibility index (Phi) is 4.18.